The Labute approximate surface area is 104 Å². The van der Waals surface area contributed by atoms with E-state index in [-0.39, 0.29) is 0 Å². The van der Waals surface area contributed by atoms with Gasteiger partial charge in [-0.15, -0.1) is 11.3 Å². The summed E-state index contributed by atoms with van der Waals surface area (Å²) >= 11 is 4.33. The maximum atomic E-state index is 12.3. The van der Waals surface area contributed by atoms with Crippen LogP contribution in [0.5, 0.6) is 0 Å². The van der Waals surface area contributed by atoms with Crippen LogP contribution in [0.15, 0.2) is 6.20 Å². The molecule has 6 heteroatoms. The van der Waals surface area contributed by atoms with Crippen LogP contribution in [0.25, 0.3) is 0 Å². The van der Waals surface area contributed by atoms with E-state index in [1.54, 1.807) is 0 Å². The van der Waals surface area contributed by atoms with E-state index < -0.39 is 11.2 Å². The van der Waals surface area contributed by atoms with Gasteiger partial charge in [0.1, 0.15) is 0 Å². The van der Waals surface area contributed by atoms with Crippen LogP contribution in [0, 0.1) is 5.92 Å². The monoisotopic (exact) mass is 313 g/mol. The largest absolute Gasteiger partial charge is 0.443 e. The molecule has 0 aromatic carbocycles. The van der Waals surface area contributed by atoms with E-state index in [0.29, 0.717) is 11.2 Å². The molecule has 0 aliphatic heterocycles. The Bertz CT molecular complexity index is 359. The summed E-state index contributed by atoms with van der Waals surface area (Å²) in [5, 5.41) is -0.736. The van der Waals surface area contributed by atoms with Gasteiger partial charge < -0.3 is 0 Å². The van der Waals surface area contributed by atoms with Gasteiger partial charge in [0.15, 0.2) is 5.01 Å². The van der Waals surface area contributed by atoms with Crippen LogP contribution in [0.4, 0.5) is 13.2 Å². The number of alkyl halides is 4. The Morgan fingerprint density at radius 3 is 2.69 bits per heavy atom. The van der Waals surface area contributed by atoms with E-state index in [1.165, 1.54) is 19.0 Å². The molecule has 1 fully saturated rings. The van der Waals surface area contributed by atoms with Crippen molar-refractivity contribution in [2.24, 2.45) is 5.92 Å². The van der Waals surface area contributed by atoms with Gasteiger partial charge in [-0.2, -0.15) is 13.2 Å². The lowest BCUT2D eigenvalue weighted by molar-refractivity contribution is -0.137. The molecule has 1 aromatic rings. The van der Waals surface area contributed by atoms with Gasteiger partial charge in [0.05, 0.1) is 0 Å². The van der Waals surface area contributed by atoms with Crippen molar-refractivity contribution in [3.8, 4) is 0 Å². The Kier molecular flexibility index (Phi) is 3.59. The van der Waals surface area contributed by atoms with Crippen LogP contribution in [-0.2, 0) is 12.6 Å². The number of hydrogen-bond acceptors (Lipinski definition) is 2. The second kappa shape index (κ2) is 4.64. The molecule has 0 bridgehead atoms. The number of nitrogens with zero attached hydrogens (tertiary/aromatic N) is 1. The second-order valence-corrected chi connectivity index (χ2v) is 6.31. The summed E-state index contributed by atoms with van der Waals surface area (Å²) < 4.78 is 36.8. The highest BCUT2D eigenvalue weighted by molar-refractivity contribution is 9.09. The molecule has 1 nitrogen and oxygen atoms in total. The molecule has 90 valence electrons. The van der Waals surface area contributed by atoms with Crippen LogP contribution in [0.2, 0.25) is 0 Å². The highest BCUT2D eigenvalue weighted by atomic mass is 79.9. The van der Waals surface area contributed by atoms with Gasteiger partial charge in [-0.3, -0.25) is 0 Å². The van der Waals surface area contributed by atoms with E-state index in [2.05, 4.69) is 20.9 Å². The quantitative estimate of drug-likeness (QED) is 0.757. The Balaban J connectivity index is 1.87. The number of aromatic nitrogens is 1. The third-order valence-corrected chi connectivity index (χ3v) is 4.90. The topological polar surface area (TPSA) is 12.9 Å². The number of thiazole rings is 1. The SMILES string of the molecule is FC(F)(F)c1ncc(CCC(Br)C2CC2)s1. The fourth-order valence-electron chi connectivity index (χ4n) is 1.53. The lowest BCUT2D eigenvalue weighted by atomic mass is 10.1. The van der Waals surface area contributed by atoms with Crippen LogP contribution >= 0.6 is 27.3 Å². The van der Waals surface area contributed by atoms with Crippen LogP contribution < -0.4 is 0 Å². The molecule has 1 aliphatic rings. The zero-order chi connectivity index (χ0) is 11.8. The minimum absolute atomic E-state index is 0.448. The van der Waals surface area contributed by atoms with Crippen molar-refractivity contribution in [3.63, 3.8) is 0 Å². The van der Waals surface area contributed by atoms with Crippen molar-refractivity contribution in [3.05, 3.63) is 16.1 Å². The standard InChI is InChI=1S/C10H11BrF3NS/c11-8(6-1-2-6)4-3-7-5-15-9(16-7)10(12,13)14/h5-6,8H,1-4H2. The predicted octanol–water partition coefficient (Wildman–Crippen LogP) is 4.27. The Morgan fingerprint density at radius 2 is 2.19 bits per heavy atom. The van der Waals surface area contributed by atoms with Gasteiger partial charge in [0.2, 0.25) is 0 Å². The number of rotatable bonds is 4. The van der Waals surface area contributed by atoms with Crippen molar-refractivity contribution in [1.29, 1.82) is 0 Å². The summed E-state index contributed by atoms with van der Waals surface area (Å²) in [5.41, 5.74) is 0. The number of aryl methyl sites for hydroxylation is 1. The molecule has 0 amide bonds. The molecule has 1 heterocycles. The zero-order valence-corrected chi connectivity index (χ0v) is 10.8. The Morgan fingerprint density at radius 1 is 1.50 bits per heavy atom. The third kappa shape index (κ3) is 3.20. The van der Waals surface area contributed by atoms with Gasteiger partial charge in [-0.05, 0) is 31.6 Å². The highest BCUT2D eigenvalue weighted by Crippen LogP contribution is 2.39. The van der Waals surface area contributed by atoms with Crippen LogP contribution in [0.1, 0.15) is 29.1 Å². The highest BCUT2D eigenvalue weighted by Gasteiger charge is 2.34. The maximum absolute atomic E-state index is 12.3. The number of hydrogen-bond donors (Lipinski definition) is 0. The molecular formula is C10H11BrF3NS. The van der Waals surface area contributed by atoms with Gasteiger partial charge >= 0.3 is 6.18 Å². The molecule has 1 unspecified atom stereocenters. The summed E-state index contributed by atoms with van der Waals surface area (Å²) in [6.45, 7) is 0. The lowest BCUT2D eigenvalue weighted by Gasteiger charge is -2.05. The zero-order valence-electron chi connectivity index (χ0n) is 8.43. The molecule has 1 saturated carbocycles. The molecule has 0 N–H and O–H groups in total. The van der Waals surface area contributed by atoms with Crippen molar-refractivity contribution >= 4 is 27.3 Å². The van der Waals surface area contributed by atoms with Gasteiger partial charge in [0.25, 0.3) is 0 Å². The molecular weight excluding hydrogens is 303 g/mol. The third-order valence-electron chi connectivity index (χ3n) is 2.60. The summed E-state index contributed by atoms with van der Waals surface area (Å²) in [6.07, 6.45) is 1.11. The lowest BCUT2D eigenvalue weighted by Crippen LogP contribution is -2.03. The van der Waals surface area contributed by atoms with E-state index in [9.17, 15) is 13.2 Å². The fourth-order valence-corrected chi connectivity index (χ4v) is 3.08. The molecule has 0 spiro atoms. The van der Waals surface area contributed by atoms with Crippen molar-refractivity contribution in [2.45, 2.75) is 36.7 Å². The first kappa shape index (κ1) is 12.4. The molecule has 1 aromatic heterocycles. The molecule has 16 heavy (non-hydrogen) atoms. The molecule has 1 atom stereocenters. The molecule has 0 radical (unpaired) electrons. The normalized spacial score (nSPS) is 18.8. The average molecular weight is 314 g/mol. The van der Waals surface area contributed by atoms with Gasteiger partial charge in [-0.25, -0.2) is 4.98 Å². The fraction of sp³-hybridized carbons (Fsp3) is 0.700. The summed E-state index contributed by atoms with van der Waals surface area (Å²) in [5.74, 6) is 0.731. The minimum Gasteiger partial charge on any atom is -0.240 e. The minimum atomic E-state index is -4.30. The first-order chi connectivity index (χ1) is 7.47. The van der Waals surface area contributed by atoms with E-state index in [4.69, 9.17) is 0 Å². The second-order valence-electron chi connectivity index (χ2n) is 4.02. The van der Waals surface area contributed by atoms with E-state index >= 15 is 0 Å². The number of halogens is 4. The van der Waals surface area contributed by atoms with E-state index in [0.717, 1.165) is 28.6 Å². The summed E-state index contributed by atoms with van der Waals surface area (Å²) in [7, 11) is 0. The predicted molar refractivity (Wildman–Crippen MR) is 60.9 cm³/mol. The van der Waals surface area contributed by atoms with Gasteiger partial charge in [0, 0.05) is 15.9 Å². The first-order valence-corrected chi connectivity index (χ1v) is 6.86. The maximum Gasteiger partial charge on any atom is 0.443 e. The smallest absolute Gasteiger partial charge is 0.240 e. The van der Waals surface area contributed by atoms with E-state index in [1.807, 2.05) is 0 Å². The van der Waals surface area contributed by atoms with Crippen molar-refractivity contribution in [1.82, 2.24) is 4.98 Å². The summed E-state index contributed by atoms with van der Waals surface area (Å²) in [6, 6.07) is 0. The Hall–Kier alpha value is -0.100. The van der Waals surface area contributed by atoms with Gasteiger partial charge in [-0.1, -0.05) is 15.9 Å². The van der Waals surface area contributed by atoms with Crippen LogP contribution in [0.3, 0.4) is 0 Å². The summed E-state index contributed by atoms with van der Waals surface area (Å²) in [4.78, 5) is 4.57. The average Bonchev–Trinajstić information content (AvgIpc) is 2.92. The molecule has 0 saturated heterocycles. The van der Waals surface area contributed by atoms with Crippen molar-refractivity contribution < 1.29 is 13.2 Å². The molecule has 2 rings (SSSR count). The first-order valence-electron chi connectivity index (χ1n) is 5.13. The van der Waals surface area contributed by atoms with Crippen molar-refractivity contribution in [2.75, 3.05) is 0 Å². The van der Waals surface area contributed by atoms with Crippen LogP contribution in [-0.4, -0.2) is 9.81 Å². The molecule has 1 aliphatic carbocycles.